The molecule has 2 amide bonds. The molecule has 0 bridgehead atoms. The van der Waals surface area contributed by atoms with Crippen molar-refractivity contribution in [3.63, 3.8) is 0 Å². The van der Waals surface area contributed by atoms with Crippen LogP contribution in [0.15, 0.2) is 39.7 Å². The number of carbonyl (C=O) groups is 1. The summed E-state index contributed by atoms with van der Waals surface area (Å²) in [6, 6.07) is 10.1. The number of nitrogens with two attached hydrogens (primary N) is 1. The number of nitrogens with one attached hydrogen (secondary N) is 2. The summed E-state index contributed by atoms with van der Waals surface area (Å²) >= 11 is 0. The number of hydrogen-bond donors (Lipinski definition) is 3. The number of para-hydroxylation sites is 1. The minimum absolute atomic E-state index is 0.301. The fourth-order valence-corrected chi connectivity index (χ4v) is 3.20. The zero-order valence-corrected chi connectivity index (χ0v) is 15.2. The maximum Gasteiger partial charge on any atom is 0.314 e. The van der Waals surface area contributed by atoms with Crippen molar-refractivity contribution < 1.29 is 9.21 Å². The number of likely N-dealkylation sites (tertiary alicyclic amines) is 1. The molecule has 7 nitrogen and oxygen atoms in total. The number of benzene rings is 1. The average Bonchev–Trinajstić information content (AvgIpc) is 3.05. The quantitative estimate of drug-likeness (QED) is 0.564. The third-order valence-corrected chi connectivity index (χ3v) is 4.60. The maximum atomic E-state index is 11.2. The third-order valence-electron chi connectivity index (χ3n) is 4.60. The molecule has 0 spiro atoms. The van der Waals surface area contributed by atoms with Crippen LogP contribution in [0.3, 0.4) is 0 Å². The molecular weight excluding hydrogens is 330 g/mol. The van der Waals surface area contributed by atoms with Gasteiger partial charge in [-0.05, 0) is 31.9 Å². The van der Waals surface area contributed by atoms with Crippen LogP contribution in [0, 0.1) is 0 Å². The number of rotatable bonds is 5. The van der Waals surface area contributed by atoms with E-state index in [0.717, 1.165) is 48.5 Å². The Morgan fingerprint density at radius 3 is 2.81 bits per heavy atom. The normalized spacial score (nSPS) is 16.0. The lowest BCUT2D eigenvalue weighted by Gasteiger charge is -2.32. The van der Waals surface area contributed by atoms with E-state index in [0.29, 0.717) is 25.7 Å². The molecule has 140 valence electrons. The SMILES string of the molecule is CCNC(=NCCc1cc2ccccc2o1)NC1CCN(C(N)=O)CC1. The van der Waals surface area contributed by atoms with Crippen molar-refractivity contribution in [1.82, 2.24) is 15.5 Å². The summed E-state index contributed by atoms with van der Waals surface area (Å²) in [6.07, 6.45) is 2.50. The van der Waals surface area contributed by atoms with E-state index in [1.54, 1.807) is 4.90 Å². The maximum absolute atomic E-state index is 11.2. The van der Waals surface area contributed by atoms with Crippen LogP contribution in [0.4, 0.5) is 4.79 Å². The highest BCUT2D eigenvalue weighted by Gasteiger charge is 2.21. The molecule has 1 aliphatic heterocycles. The summed E-state index contributed by atoms with van der Waals surface area (Å²) in [5.74, 6) is 1.75. The Labute approximate surface area is 153 Å². The Morgan fingerprint density at radius 1 is 1.35 bits per heavy atom. The van der Waals surface area contributed by atoms with Crippen molar-refractivity contribution in [2.75, 3.05) is 26.2 Å². The molecule has 1 aromatic heterocycles. The molecule has 26 heavy (non-hydrogen) atoms. The van der Waals surface area contributed by atoms with Gasteiger partial charge in [0.05, 0.1) is 0 Å². The van der Waals surface area contributed by atoms with Gasteiger partial charge in [-0.2, -0.15) is 0 Å². The molecule has 4 N–H and O–H groups in total. The van der Waals surface area contributed by atoms with Crippen LogP contribution in [0.1, 0.15) is 25.5 Å². The third kappa shape index (κ3) is 4.68. The summed E-state index contributed by atoms with van der Waals surface area (Å²) in [5.41, 5.74) is 6.25. The Morgan fingerprint density at radius 2 is 2.12 bits per heavy atom. The van der Waals surface area contributed by atoms with Crippen molar-refractivity contribution in [3.05, 3.63) is 36.1 Å². The van der Waals surface area contributed by atoms with Gasteiger partial charge in [-0.25, -0.2) is 4.79 Å². The molecule has 2 aromatic rings. The topological polar surface area (TPSA) is 95.9 Å². The standard InChI is InChI=1S/C19H27N5O2/c1-2-21-19(23-15-8-11-24(12-9-15)18(20)25)22-10-7-16-13-14-5-3-4-6-17(14)26-16/h3-6,13,15H,2,7-12H2,1H3,(H2,20,25)(H2,21,22,23). The number of urea groups is 1. The van der Waals surface area contributed by atoms with Crippen LogP contribution in [-0.4, -0.2) is 49.1 Å². The number of piperidine rings is 1. The minimum Gasteiger partial charge on any atom is -0.461 e. The van der Waals surface area contributed by atoms with Gasteiger partial charge in [-0.3, -0.25) is 4.99 Å². The molecule has 3 rings (SSSR count). The molecule has 0 saturated carbocycles. The van der Waals surface area contributed by atoms with Gasteiger partial charge in [0.15, 0.2) is 5.96 Å². The van der Waals surface area contributed by atoms with Crippen LogP contribution in [-0.2, 0) is 6.42 Å². The molecule has 2 heterocycles. The van der Waals surface area contributed by atoms with Crippen LogP contribution < -0.4 is 16.4 Å². The first kappa shape index (κ1) is 18.1. The Balaban J connectivity index is 1.53. The summed E-state index contributed by atoms with van der Waals surface area (Å²) in [7, 11) is 0. The van der Waals surface area contributed by atoms with Gasteiger partial charge in [-0.1, -0.05) is 18.2 Å². The number of amides is 2. The highest BCUT2D eigenvalue weighted by atomic mass is 16.3. The van der Waals surface area contributed by atoms with Crippen molar-refractivity contribution >= 4 is 23.0 Å². The largest absolute Gasteiger partial charge is 0.461 e. The monoisotopic (exact) mass is 357 g/mol. The van der Waals surface area contributed by atoms with Crippen LogP contribution in [0.25, 0.3) is 11.0 Å². The van der Waals surface area contributed by atoms with E-state index in [1.165, 1.54) is 0 Å². The molecule has 1 saturated heterocycles. The number of nitrogens with zero attached hydrogens (tertiary/aromatic N) is 2. The Hall–Kier alpha value is -2.70. The van der Waals surface area contributed by atoms with E-state index in [2.05, 4.69) is 27.8 Å². The van der Waals surface area contributed by atoms with E-state index < -0.39 is 0 Å². The molecular formula is C19H27N5O2. The lowest BCUT2D eigenvalue weighted by atomic mass is 10.1. The molecule has 1 fully saturated rings. The molecule has 0 unspecified atom stereocenters. The first-order chi connectivity index (χ1) is 12.7. The molecule has 0 aliphatic carbocycles. The van der Waals surface area contributed by atoms with Gasteiger partial charge in [-0.15, -0.1) is 0 Å². The number of guanidine groups is 1. The smallest absolute Gasteiger partial charge is 0.314 e. The van der Waals surface area contributed by atoms with Gasteiger partial charge >= 0.3 is 6.03 Å². The number of carbonyl (C=O) groups excluding carboxylic acids is 1. The predicted molar refractivity (Wildman–Crippen MR) is 103 cm³/mol. The van der Waals surface area contributed by atoms with E-state index in [4.69, 9.17) is 10.2 Å². The average molecular weight is 357 g/mol. The van der Waals surface area contributed by atoms with Gasteiger partial charge in [0.1, 0.15) is 11.3 Å². The first-order valence-corrected chi connectivity index (χ1v) is 9.22. The van der Waals surface area contributed by atoms with Crippen molar-refractivity contribution in [3.8, 4) is 0 Å². The highest BCUT2D eigenvalue weighted by Crippen LogP contribution is 2.19. The number of furan rings is 1. The Kier molecular flexibility index (Phi) is 5.99. The van der Waals surface area contributed by atoms with E-state index in [9.17, 15) is 4.79 Å². The summed E-state index contributed by atoms with van der Waals surface area (Å²) < 4.78 is 5.83. The van der Waals surface area contributed by atoms with Crippen molar-refractivity contribution in [2.45, 2.75) is 32.2 Å². The van der Waals surface area contributed by atoms with Crippen LogP contribution in [0.2, 0.25) is 0 Å². The minimum atomic E-state index is -0.338. The highest BCUT2D eigenvalue weighted by molar-refractivity contribution is 5.80. The fraction of sp³-hybridized carbons (Fsp3) is 0.474. The van der Waals surface area contributed by atoms with Gasteiger partial charge in [0, 0.05) is 44.0 Å². The summed E-state index contributed by atoms with van der Waals surface area (Å²) in [6.45, 7) is 4.87. The number of hydrogen-bond acceptors (Lipinski definition) is 3. The van der Waals surface area contributed by atoms with E-state index in [1.807, 2.05) is 25.1 Å². The molecule has 0 atom stereocenters. The molecule has 1 aliphatic rings. The second-order valence-corrected chi connectivity index (χ2v) is 6.51. The van der Waals surface area contributed by atoms with Gasteiger partial charge in [0.25, 0.3) is 0 Å². The van der Waals surface area contributed by atoms with E-state index in [-0.39, 0.29) is 6.03 Å². The molecule has 1 aromatic carbocycles. The second-order valence-electron chi connectivity index (χ2n) is 6.51. The summed E-state index contributed by atoms with van der Waals surface area (Å²) in [5, 5.41) is 7.86. The van der Waals surface area contributed by atoms with Gasteiger partial charge < -0.3 is 25.7 Å². The number of fused-ring (bicyclic) bond motifs is 1. The van der Waals surface area contributed by atoms with Crippen LogP contribution >= 0.6 is 0 Å². The lowest BCUT2D eigenvalue weighted by molar-refractivity contribution is 0.188. The Bertz CT molecular complexity index is 729. The number of primary amides is 1. The zero-order chi connectivity index (χ0) is 18.4. The predicted octanol–water partition coefficient (Wildman–Crippen LogP) is 2.07. The van der Waals surface area contributed by atoms with Crippen molar-refractivity contribution in [1.29, 1.82) is 0 Å². The first-order valence-electron chi connectivity index (χ1n) is 9.22. The van der Waals surface area contributed by atoms with Crippen LogP contribution in [0.5, 0.6) is 0 Å². The second kappa shape index (κ2) is 8.60. The molecule has 0 radical (unpaired) electrons. The van der Waals surface area contributed by atoms with E-state index >= 15 is 0 Å². The zero-order valence-electron chi connectivity index (χ0n) is 15.2. The van der Waals surface area contributed by atoms with Gasteiger partial charge in [0.2, 0.25) is 0 Å². The molecule has 7 heteroatoms. The van der Waals surface area contributed by atoms with Crippen molar-refractivity contribution in [2.24, 2.45) is 10.7 Å². The fourth-order valence-electron chi connectivity index (χ4n) is 3.20. The summed E-state index contributed by atoms with van der Waals surface area (Å²) in [4.78, 5) is 17.5. The number of aliphatic imine (C=N–C) groups is 1. The lowest BCUT2D eigenvalue weighted by Crippen LogP contribution is -2.50.